The first-order valence-corrected chi connectivity index (χ1v) is 9.25. The van der Waals surface area contributed by atoms with Crippen LogP contribution in [0.4, 0.5) is 5.69 Å². The lowest BCUT2D eigenvalue weighted by molar-refractivity contribution is -0.385. The molecule has 8 nitrogen and oxygen atoms in total. The van der Waals surface area contributed by atoms with Crippen LogP contribution < -0.4 is 9.47 Å². The van der Waals surface area contributed by atoms with Gasteiger partial charge in [-0.2, -0.15) is 0 Å². The molecule has 1 amide bonds. The molecule has 0 spiro atoms. The van der Waals surface area contributed by atoms with Crippen LogP contribution in [0.1, 0.15) is 16.7 Å². The maximum absolute atomic E-state index is 12.5. The number of nitrogens with zero attached hydrogens (tertiary/aromatic N) is 2. The number of nitro benzene ring substituents is 1. The number of benzene rings is 2. The van der Waals surface area contributed by atoms with Gasteiger partial charge in [-0.25, -0.2) is 0 Å². The molecule has 0 saturated heterocycles. The first-order chi connectivity index (χ1) is 14.5. The summed E-state index contributed by atoms with van der Waals surface area (Å²) in [5, 5.41) is 11.2. The molecule has 0 fully saturated rings. The number of amides is 1. The fourth-order valence-electron chi connectivity index (χ4n) is 2.95. The van der Waals surface area contributed by atoms with Crippen molar-refractivity contribution in [3.63, 3.8) is 0 Å². The van der Waals surface area contributed by atoms with Crippen LogP contribution in [0, 0.1) is 10.1 Å². The van der Waals surface area contributed by atoms with Gasteiger partial charge in [0.1, 0.15) is 18.1 Å². The summed E-state index contributed by atoms with van der Waals surface area (Å²) in [5.74, 6) is 0.981. The average Bonchev–Trinajstić information content (AvgIpc) is 2.76. The number of fused-ring (bicyclic) bond motifs is 1. The molecule has 1 heterocycles. The van der Waals surface area contributed by atoms with Crippen molar-refractivity contribution < 1.29 is 23.9 Å². The van der Waals surface area contributed by atoms with E-state index in [9.17, 15) is 14.9 Å². The minimum absolute atomic E-state index is 0.0615. The van der Waals surface area contributed by atoms with Crippen molar-refractivity contribution in [1.29, 1.82) is 0 Å². The normalized spacial score (nSPS) is 12.7. The minimum Gasteiger partial charge on any atom is -0.490 e. The number of carbonyl (C=O) groups is 1. The van der Waals surface area contributed by atoms with Gasteiger partial charge in [0.2, 0.25) is 5.91 Å². The van der Waals surface area contributed by atoms with Gasteiger partial charge in [0.25, 0.3) is 5.69 Å². The Labute approximate surface area is 174 Å². The van der Waals surface area contributed by atoms with Crippen molar-refractivity contribution in [2.75, 3.05) is 20.4 Å². The summed E-state index contributed by atoms with van der Waals surface area (Å²) in [6, 6.07) is 10.2. The molecule has 1 aliphatic rings. The molecule has 0 atom stereocenters. The van der Waals surface area contributed by atoms with E-state index in [1.54, 1.807) is 18.0 Å². The van der Waals surface area contributed by atoms with Gasteiger partial charge in [0, 0.05) is 42.9 Å². The first kappa shape index (κ1) is 21.1. The molecule has 156 valence electrons. The van der Waals surface area contributed by atoms with Gasteiger partial charge in [-0.15, -0.1) is 0 Å². The van der Waals surface area contributed by atoms with Crippen molar-refractivity contribution in [2.45, 2.75) is 13.2 Å². The van der Waals surface area contributed by atoms with E-state index in [-0.39, 0.29) is 25.0 Å². The summed E-state index contributed by atoms with van der Waals surface area (Å²) >= 11 is 0. The third-order valence-electron chi connectivity index (χ3n) is 4.43. The van der Waals surface area contributed by atoms with Crippen LogP contribution in [0.25, 0.3) is 6.08 Å². The van der Waals surface area contributed by atoms with Crippen LogP contribution >= 0.6 is 0 Å². The maximum Gasteiger partial charge on any atom is 0.270 e. The third kappa shape index (κ3) is 5.24. The zero-order chi connectivity index (χ0) is 21.5. The van der Waals surface area contributed by atoms with E-state index in [1.807, 2.05) is 24.3 Å². The van der Waals surface area contributed by atoms with Gasteiger partial charge in [-0.1, -0.05) is 24.8 Å². The quantitative estimate of drug-likeness (QED) is 0.285. The highest BCUT2D eigenvalue weighted by atomic mass is 16.7. The Bertz CT molecular complexity index is 968. The van der Waals surface area contributed by atoms with Crippen molar-refractivity contribution in [1.82, 2.24) is 4.90 Å². The molecule has 2 aromatic carbocycles. The van der Waals surface area contributed by atoms with Crippen LogP contribution in [0.3, 0.4) is 0 Å². The molecular formula is C22H22N2O6. The van der Waals surface area contributed by atoms with Crippen molar-refractivity contribution in [3.8, 4) is 11.5 Å². The molecule has 2 aromatic rings. The van der Waals surface area contributed by atoms with Crippen molar-refractivity contribution in [2.24, 2.45) is 0 Å². The lowest BCUT2D eigenvalue weighted by Crippen LogP contribution is -2.24. The number of non-ortho nitro benzene ring substituents is 1. The highest BCUT2D eigenvalue weighted by Gasteiger charge is 2.20. The zero-order valence-electron chi connectivity index (χ0n) is 16.6. The second-order valence-electron chi connectivity index (χ2n) is 6.66. The number of ether oxygens (including phenoxy) is 3. The number of hydrogen-bond donors (Lipinski definition) is 0. The summed E-state index contributed by atoms with van der Waals surface area (Å²) in [4.78, 5) is 24.8. The first-order valence-electron chi connectivity index (χ1n) is 9.25. The Morgan fingerprint density at radius 1 is 1.33 bits per heavy atom. The van der Waals surface area contributed by atoms with Crippen molar-refractivity contribution >= 4 is 17.7 Å². The SMILES string of the molecule is C=CCOc1ccc(CN(C)C(=O)/C=C/c2cc([N+](=O)[O-])cc3c2OCOC3)cc1. The Hall–Kier alpha value is -3.65. The monoisotopic (exact) mass is 410 g/mol. The van der Waals surface area contributed by atoms with E-state index in [2.05, 4.69) is 6.58 Å². The smallest absolute Gasteiger partial charge is 0.270 e. The van der Waals surface area contributed by atoms with Gasteiger partial charge in [-0.05, 0) is 23.8 Å². The molecule has 1 aliphatic heterocycles. The summed E-state index contributed by atoms with van der Waals surface area (Å²) in [5.41, 5.74) is 1.91. The van der Waals surface area contributed by atoms with E-state index < -0.39 is 4.92 Å². The Balaban J connectivity index is 1.70. The zero-order valence-corrected chi connectivity index (χ0v) is 16.6. The Morgan fingerprint density at radius 3 is 2.80 bits per heavy atom. The fourth-order valence-corrected chi connectivity index (χ4v) is 2.95. The number of likely N-dealkylation sites (N-methyl/N-ethyl adjacent to an activating group) is 1. The Morgan fingerprint density at radius 2 is 2.10 bits per heavy atom. The predicted molar refractivity (Wildman–Crippen MR) is 111 cm³/mol. The lowest BCUT2D eigenvalue weighted by atomic mass is 10.1. The van der Waals surface area contributed by atoms with E-state index in [0.29, 0.717) is 30.0 Å². The molecule has 30 heavy (non-hydrogen) atoms. The molecule has 0 unspecified atom stereocenters. The molecule has 3 rings (SSSR count). The summed E-state index contributed by atoms with van der Waals surface area (Å²) in [6.45, 7) is 4.72. The topological polar surface area (TPSA) is 91.1 Å². The number of hydrogen-bond acceptors (Lipinski definition) is 6. The van der Waals surface area contributed by atoms with Gasteiger partial charge in [0.15, 0.2) is 6.79 Å². The largest absolute Gasteiger partial charge is 0.490 e. The van der Waals surface area contributed by atoms with Gasteiger partial charge in [0.05, 0.1) is 11.5 Å². The summed E-state index contributed by atoms with van der Waals surface area (Å²) in [7, 11) is 1.68. The van der Waals surface area contributed by atoms with Crippen LogP contribution in [0.2, 0.25) is 0 Å². The fraction of sp³-hybridized carbons (Fsp3) is 0.227. The van der Waals surface area contributed by atoms with Crippen LogP contribution in [-0.2, 0) is 22.7 Å². The van der Waals surface area contributed by atoms with Crippen LogP contribution in [0.15, 0.2) is 55.1 Å². The van der Waals surface area contributed by atoms with E-state index in [1.165, 1.54) is 24.3 Å². The molecular weight excluding hydrogens is 388 g/mol. The molecule has 0 aliphatic carbocycles. The molecule has 0 saturated carbocycles. The molecule has 0 aromatic heterocycles. The molecule has 0 bridgehead atoms. The highest BCUT2D eigenvalue weighted by molar-refractivity contribution is 5.92. The van der Waals surface area contributed by atoms with E-state index in [0.717, 1.165) is 11.3 Å². The number of carbonyl (C=O) groups excluding carboxylic acids is 1. The third-order valence-corrected chi connectivity index (χ3v) is 4.43. The maximum atomic E-state index is 12.5. The number of nitro groups is 1. The second-order valence-corrected chi connectivity index (χ2v) is 6.66. The van der Waals surface area contributed by atoms with Crippen molar-refractivity contribution in [3.05, 3.63) is 81.9 Å². The standard InChI is InChI=1S/C22H22N2O6/c1-3-10-29-20-7-4-16(5-8-20)13-23(2)21(25)9-6-17-11-19(24(26)27)12-18-14-28-15-30-22(17)18/h3-9,11-12H,1,10,13-15H2,2H3/b9-6+. The van der Waals surface area contributed by atoms with Gasteiger partial charge in [-0.3, -0.25) is 14.9 Å². The Kier molecular flexibility index (Phi) is 6.82. The predicted octanol–water partition coefficient (Wildman–Crippen LogP) is 3.70. The number of rotatable bonds is 8. The molecule has 0 radical (unpaired) electrons. The molecule has 8 heteroatoms. The summed E-state index contributed by atoms with van der Waals surface area (Å²) < 4.78 is 16.1. The van der Waals surface area contributed by atoms with Gasteiger partial charge >= 0.3 is 0 Å². The van der Waals surface area contributed by atoms with Crippen LogP contribution in [0.5, 0.6) is 11.5 Å². The van der Waals surface area contributed by atoms with Crippen LogP contribution in [-0.4, -0.2) is 36.2 Å². The average molecular weight is 410 g/mol. The van der Waals surface area contributed by atoms with Gasteiger partial charge < -0.3 is 19.1 Å². The minimum atomic E-state index is -0.484. The van der Waals surface area contributed by atoms with E-state index >= 15 is 0 Å². The summed E-state index contributed by atoms with van der Waals surface area (Å²) in [6.07, 6.45) is 4.57. The highest BCUT2D eigenvalue weighted by Crippen LogP contribution is 2.33. The second kappa shape index (κ2) is 9.71. The molecule has 0 N–H and O–H groups in total. The lowest BCUT2D eigenvalue weighted by Gasteiger charge is -2.19. The van der Waals surface area contributed by atoms with E-state index in [4.69, 9.17) is 14.2 Å².